The van der Waals surface area contributed by atoms with E-state index in [9.17, 15) is 13.6 Å². The van der Waals surface area contributed by atoms with Gasteiger partial charge in [-0.1, -0.05) is 19.9 Å². The van der Waals surface area contributed by atoms with Crippen LogP contribution in [0.3, 0.4) is 0 Å². The maximum absolute atomic E-state index is 13.3. The summed E-state index contributed by atoms with van der Waals surface area (Å²) in [7, 11) is 0. The number of nitrogens with zero attached hydrogens (tertiary/aromatic N) is 4. The Bertz CT molecular complexity index is 931. The van der Waals surface area contributed by atoms with Gasteiger partial charge in [-0.2, -0.15) is 4.98 Å². The van der Waals surface area contributed by atoms with Crippen molar-refractivity contribution in [3.05, 3.63) is 51.9 Å². The SMILES string of the molecule is CC(C)CN1CCN2c3cc(OCc4ccc(F)c(F)c4)nc(=O)n3CC2C1. The van der Waals surface area contributed by atoms with Crippen molar-refractivity contribution < 1.29 is 13.5 Å². The van der Waals surface area contributed by atoms with E-state index in [1.165, 1.54) is 6.07 Å². The van der Waals surface area contributed by atoms with Gasteiger partial charge in [-0.15, -0.1) is 0 Å². The van der Waals surface area contributed by atoms with Gasteiger partial charge in [0.2, 0.25) is 5.88 Å². The lowest BCUT2D eigenvalue weighted by Crippen LogP contribution is -2.52. The molecule has 8 heteroatoms. The van der Waals surface area contributed by atoms with E-state index < -0.39 is 11.6 Å². The second-order valence-corrected chi connectivity index (χ2v) is 7.88. The molecule has 6 nitrogen and oxygen atoms in total. The molecular weight excluding hydrogens is 366 g/mol. The van der Waals surface area contributed by atoms with Gasteiger partial charge >= 0.3 is 5.69 Å². The predicted octanol–water partition coefficient (Wildman–Crippen LogP) is 2.26. The van der Waals surface area contributed by atoms with Gasteiger partial charge in [-0.25, -0.2) is 13.6 Å². The molecule has 2 aromatic rings. The fourth-order valence-electron chi connectivity index (χ4n) is 4.01. The minimum atomic E-state index is -0.926. The van der Waals surface area contributed by atoms with Gasteiger partial charge in [0.25, 0.3) is 0 Å². The van der Waals surface area contributed by atoms with Crippen LogP contribution in [0.25, 0.3) is 0 Å². The molecule has 1 fully saturated rings. The van der Waals surface area contributed by atoms with Gasteiger partial charge in [0.1, 0.15) is 12.4 Å². The maximum atomic E-state index is 13.3. The number of fused-ring (bicyclic) bond motifs is 3. The number of halogens is 2. The number of hydrogen-bond donors (Lipinski definition) is 0. The molecule has 150 valence electrons. The van der Waals surface area contributed by atoms with Gasteiger partial charge in [0.15, 0.2) is 11.6 Å². The summed E-state index contributed by atoms with van der Waals surface area (Å²) in [5, 5.41) is 0. The lowest BCUT2D eigenvalue weighted by molar-refractivity contribution is 0.202. The summed E-state index contributed by atoms with van der Waals surface area (Å²) in [4.78, 5) is 21.2. The van der Waals surface area contributed by atoms with Crippen molar-refractivity contribution in [2.45, 2.75) is 33.0 Å². The quantitative estimate of drug-likeness (QED) is 0.784. The third-order valence-corrected chi connectivity index (χ3v) is 5.21. The normalized spacial score (nSPS) is 19.0. The van der Waals surface area contributed by atoms with E-state index in [4.69, 9.17) is 4.74 Å². The van der Waals surface area contributed by atoms with Crippen molar-refractivity contribution in [1.29, 1.82) is 0 Å². The van der Waals surface area contributed by atoms with Gasteiger partial charge < -0.3 is 9.64 Å². The Morgan fingerprint density at radius 2 is 2.00 bits per heavy atom. The molecule has 1 aromatic carbocycles. The topological polar surface area (TPSA) is 50.6 Å². The Hall–Kier alpha value is -2.48. The maximum Gasteiger partial charge on any atom is 0.352 e. The number of benzene rings is 1. The van der Waals surface area contributed by atoms with Crippen molar-refractivity contribution in [2.75, 3.05) is 31.1 Å². The van der Waals surface area contributed by atoms with Crippen LogP contribution in [-0.2, 0) is 13.2 Å². The molecule has 0 saturated carbocycles. The molecule has 2 aliphatic rings. The summed E-state index contributed by atoms with van der Waals surface area (Å²) in [6.07, 6.45) is 0. The second kappa shape index (κ2) is 7.50. The third-order valence-electron chi connectivity index (χ3n) is 5.21. The van der Waals surface area contributed by atoms with E-state index in [0.717, 1.165) is 44.1 Å². The zero-order valence-electron chi connectivity index (χ0n) is 16.1. The van der Waals surface area contributed by atoms with Gasteiger partial charge in [0.05, 0.1) is 12.6 Å². The lowest BCUT2D eigenvalue weighted by atomic mass is 10.1. The van der Waals surface area contributed by atoms with Crippen LogP contribution >= 0.6 is 0 Å². The first-order valence-electron chi connectivity index (χ1n) is 9.58. The van der Waals surface area contributed by atoms with Crippen molar-refractivity contribution in [2.24, 2.45) is 5.92 Å². The molecule has 1 aromatic heterocycles. The Labute approximate surface area is 162 Å². The standard InChI is InChI=1S/C20H24F2N4O2/c1-13(2)9-24-5-6-25-15(10-24)11-26-19(25)8-18(23-20(26)27)28-12-14-3-4-16(21)17(22)7-14/h3-4,7-8,13,15H,5-6,9-12H2,1-2H3. The van der Waals surface area contributed by atoms with Crippen LogP contribution in [0.5, 0.6) is 5.88 Å². The average molecular weight is 390 g/mol. The highest BCUT2D eigenvalue weighted by Gasteiger charge is 2.35. The van der Waals surface area contributed by atoms with Crippen LogP contribution in [0.15, 0.2) is 29.1 Å². The van der Waals surface area contributed by atoms with E-state index in [1.807, 2.05) is 0 Å². The van der Waals surface area contributed by atoms with Crippen LogP contribution in [0, 0.1) is 17.6 Å². The predicted molar refractivity (Wildman–Crippen MR) is 102 cm³/mol. The zero-order chi connectivity index (χ0) is 19.8. The highest BCUT2D eigenvalue weighted by Crippen LogP contribution is 2.29. The lowest BCUT2D eigenvalue weighted by Gasteiger charge is -2.38. The molecule has 1 unspecified atom stereocenters. The summed E-state index contributed by atoms with van der Waals surface area (Å²) in [5.74, 6) is -0.206. The fraction of sp³-hybridized carbons (Fsp3) is 0.500. The minimum absolute atomic E-state index is 0.0126. The third kappa shape index (κ3) is 3.73. The van der Waals surface area contributed by atoms with Crippen LogP contribution < -0.4 is 15.3 Å². The number of hydrogen-bond acceptors (Lipinski definition) is 5. The molecule has 0 amide bonds. The van der Waals surface area contributed by atoms with Crippen molar-refractivity contribution >= 4 is 5.82 Å². The Kier molecular flexibility index (Phi) is 5.05. The number of aromatic nitrogens is 2. The second-order valence-electron chi connectivity index (χ2n) is 7.88. The molecule has 0 aliphatic carbocycles. The summed E-state index contributed by atoms with van der Waals surface area (Å²) in [5.41, 5.74) is 0.129. The average Bonchev–Trinajstić information content (AvgIpc) is 3.01. The Balaban J connectivity index is 1.48. The molecule has 0 radical (unpaired) electrons. The summed E-state index contributed by atoms with van der Waals surface area (Å²) < 4.78 is 33.7. The molecule has 0 bridgehead atoms. The molecule has 0 N–H and O–H groups in total. The van der Waals surface area contributed by atoms with Crippen LogP contribution in [0.1, 0.15) is 19.4 Å². The van der Waals surface area contributed by atoms with Gasteiger partial charge in [-0.3, -0.25) is 9.47 Å². The monoisotopic (exact) mass is 390 g/mol. The molecule has 1 saturated heterocycles. The number of ether oxygens (including phenoxy) is 1. The first kappa shape index (κ1) is 18.9. The number of piperazine rings is 1. The first-order chi connectivity index (χ1) is 13.4. The van der Waals surface area contributed by atoms with E-state index in [-0.39, 0.29) is 24.2 Å². The molecule has 28 heavy (non-hydrogen) atoms. The summed E-state index contributed by atoms with van der Waals surface area (Å²) in [6, 6.07) is 5.60. The van der Waals surface area contributed by atoms with E-state index in [2.05, 4.69) is 28.6 Å². The fourth-order valence-corrected chi connectivity index (χ4v) is 4.01. The van der Waals surface area contributed by atoms with E-state index in [1.54, 1.807) is 10.6 Å². The Morgan fingerprint density at radius 3 is 2.75 bits per heavy atom. The summed E-state index contributed by atoms with van der Waals surface area (Å²) >= 11 is 0. The van der Waals surface area contributed by atoms with E-state index >= 15 is 0 Å². The minimum Gasteiger partial charge on any atom is -0.473 e. The van der Waals surface area contributed by atoms with Crippen LogP contribution in [-0.4, -0.2) is 46.7 Å². The first-order valence-corrected chi connectivity index (χ1v) is 9.58. The molecule has 2 aliphatic heterocycles. The smallest absolute Gasteiger partial charge is 0.352 e. The van der Waals surface area contributed by atoms with Crippen molar-refractivity contribution in [3.8, 4) is 5.88 Å². The van der Waals surface area contributed by atoms with Crippen LogP contribution in [0.4, 0.5) is 14.6 Å². The number of rotatable bonds is 5. The highest BCUT2D eigenvalue weighted by molar-refractivity contribution is 5.47. The van der Waals surface area contributed by atoms with Crippen LogP contribution in [0.2, 0.25) is 0 Å². The van der Waals surface area contributed by atoms with Gasteiger partial charge in [0, 0.05) is 32.2 Å². The molecule has 3 heterocycles. The molecule has 1 atom stereocenters. The van der Waals surface area contributed by atoms with Gasteiger partial charge in [-0.05, 0) is 23.6 Å². The van der Waals surface area contributed by atoms with E-state index in [0.29, 0.717) is 18.0 Å². The zero-order valence-corrected chi connectivity index (χ0v) is 16.1. The Morgan fingerprint density at radius 1 is 1.18 bits per heavy atom. The highest BCUT2D eigenvalue weighted by atomic mass is 19.2. The summed E-state index contributed by atoms with van der Waals surface area (Å²) in [6.45, 7) is 8.83. The number of anilines is 1. The molecular formula is C20H24F2N4O2. The van der Waals surface area contributed by atoms with Crippen molar-refractivity contribution in [1.82, 2.24) is 14.5 Å². The molecule has 4 rings (SSSR count). The largest absolute Gasteiger partial charge is 0.473 e. The molecule has 0 spiro atoms. The van der Waals surface area contributed by atoms with Crippen molar-refractivity contribution in [3.63, 3.8) is 0 Å².